The molecule has 0 radical (unpaired) electrons. The zero-order valence-corrected chi connectivity index (χ0v) is 21.1. The fraction of sp³-hybridized carbons (Fsp3) is 0.0833. The SMILES string of the molecule is O=[N+]([O-])c1ccc(/C=C/c2ccc(-n3nc4c(n3)C/C=C\C=C/C/C=C\4)cc2S(=O)(=O)O)c(S(=O)(=O)O)c1. The van der Waals surface area contributed by atoms with Crippen LogP contribution in [0.25, 0.3) is 23.9 Å². The predicted molar refractivity (Wildman–Crippen MR) is 139 cm³/mol. The van der Waals surface area contributed by atoms with E-state index in [4.69, 9.17) is 0 Å². The van der Waals surface area contributed by atoms with Crippen molar-refractivity contribution in [2.24, 2.45) is 0 Å². The molecule has 0 saturated heterocycles. The van der Waals surface area contributed by atoms with Gasteiger partial charge in [-0.25, -0.2) is 0 Å². The fourth-order valence-electron chi connectivity index (χ4n) is 3.60. The van der Waals surface area contributed by atoms with Crippen LogP contribution >= 0.6 is 0 Å². The van der Waals surface area contributed by atoms with Crippen molar-refractivity contribution in [2.75, 3.05) is 0 Å². The first-order valence-electron chi connectivity index (χ1n) is 10.9. The minimum atomic E-state index is -4.84. The van der Waals surface area contributed by atoms with Gasteiger partial charge in [0.25, 0.3) is 25.9 Å². The molecule has 0 bridgehead atoms. The van der Waals surface area contributed by atoms with Gasteiger partial charge in [0.2, 0.25) is 0 Å². The van der Waals surface area contributed by atoms with Crippen molar-refractivity contribution >= 4 is 44.2 Å². The molecule has 0 amide bonds. The van der Waals surface area contributed by atoms with Gasteiger partial charge in [0.15, 0.2) is 0 Å². The van der Waals surface area contributed by atoms with E-state index in [1.807, 2.05) is 30.4 Å². The molecule has 196 valence electrons. The first-order valence-corrected chi connectivity index (χ1v) is 13.8. The zero-order valence-electron chi connectivity index (χ0n) is 19.4. The van der Waals surface area contributed by atoms with Gasteiger partial charge >= 0.3 is 0 Å². The Morgan fingerprint density at radius 2 is 1.50 bits per heavy atom. The van der Waals surface area contributed by atoms with Crippen LogP contribution in [0.1, 0.15) is 28.9 Å². The maximum atomic E-state index is 12.2. The summed E-state index contributed by atoms with van der Waals surface area (Å²) in [5.41, 5.74) is 0.758. The minimum absolute atomic E-state index is 0.0247. The Morgan fingerprint density at radius 1 is 0.868 bits per heavy atom. The number of nitro benzene ring substituents is 1. The molecule has 38 heavy (non-hydrogen) atoms. The number of nitro groups is 1. The smallest absolute Gasteiger partial charge is 0.282 e. The number of hydrogen-bond donors (Lipinski definition) is 2. The first-order chi connectivity index (χ1) is 17.9. The van der Waals surface area contributed by atoms with Gasteiger partial charge < -0.3 is 0 Å². The lowest BCUT2D eigenvalue weighted by molar-refractivity contribution is -0.385. The van der Waals surface area contributed by atoms with Crippen LogP contribution in [0.4, 0.5) is 5.69 Å². The molecule has 12 nitrogen and oxygen atoms in total. The van der Waals surface area contributed by atoms with Crippen molar-refractivity contribution in [2.45, 2.75) is 22.6 Å². The van der Waals surface area contributed by atoms with Crippen LogP contribution in [-0.2, 0) is 26.7 Å². The Kier molecular flexibility index (Phi) is 7.50. The molecule has 3 aromatic rings. The van der Waals surface area contributed by atoms with Crippen LogP contribution < -0.4 is 0 Å². The molecule has 0 saturated carbocycles. The third kappa shape index (κ3) is 6.18. The zero-order chi connectivity index (χ0) is 27.5. The Morgan fingerprint density at radius 3 is 2.16 bits per heavy atom. The van der Waals surface area contributed by atoms with Gasteiger partial charge in [-0.3, -0.25) is 19.2 Å². The average Bonchev–Trinajstić information content (AvgIpc) is 3.26. The van der Waals surface area contributed by atoms with Crippen molar-refractivity contribution in [1.82, 2.24) is 15.0 Å². The molecule has 1 heterocycles. The van der Waals surface area contributed by atoms with E-state index in [0.717, 1.165) is 24.3 Å². The third-order valence-corrected chi connectivity index (χ3v) is 7.21. The maximum Gasteiger partial charge on any atom is 0.295 e. The number of rotatable bonds is 6. The van der Waals surface area contributed by atoms with E-state index in [-0.39, 0.29) is 16.8 Å². The van der Waals surface area contributed by atoms with Crippen LogP contribution in [0, 0.1) is 10.1 Å². The molecule has 1 aliphatic carbocycles. The van der Waals surface area contributed by atoms with E-state index in [0.29, 0.717) is 30.3 Å². The van der Waals surface area contributed by atoms with Gasteiger partial charge in [0.1, 0.15) is 15.5 Å². The molecule has 2 aromatic carbocycles. The Labute approximate surface area is 217 Å². The lowest BCUT2D eigenvalue weighted by Gasteiger charge is -2.07. The molecule has 14 heteroatoms. The molecule has 2 N–H and O–H groups in total. The van der Waals surface area contributed by atoms with Crippen molar-refractivity contribution in [3.05, 3.63) is 99.4 Å². The van der Waals surface area contributed by atoms with E-state index in [1.165, 1.54) is 23.0 Å². The third-order valence-electron chi connectivity index (χ3n) is 5.39. The Hall–Kier alpha value is -4.24. The summed E-state index contributed by atoms with van der Waals surface area (Å²) in [5, 5.41) is 19.9. The summed E-state index contributed by atoms with van der Waals surface area (Å²) in [7, 11) is -9.60. The molecule has 0 atom stereocenters. The van der Waals surface area contributed by atoms with Crippen molar-refractivity contribution in [3.63, 3.8) is 0 Å². The van der Waals surface area contributed by atoms with Gasteiger partial charge in [0.05, 0.1) is 16.3 Å². The standard InChI is InChI=1S/C24H20N4O8S2/c29-28(30)20-14-12-18(24(16-20)38(34,35)36)10-9-17-11-13-19(15-23(17)37(31,32)33)27-25-21-7-5-3-1-2-4-6-8-22(21)26-27/h1-3,5-6,8-16H,4,7H2,(H,31,32,33)(H,34,35,36)/b2-1-,5-3-,8-6-,10-9+. The highest BCUT2D eigenvalue weighted by atomic mass is 32.2. The Bertz CT molecular complexity index is 1750. The summed E-state index contributed by atoms with van der Waals surface area (Å²) in [6.45, 7) is 0. The fourth-order valence-corrected chi connectivity index (χ4v) is 5.00. The highest BCUT2D eigenvalue weighted by Crippen LogP contribution is 2.26. The molecule has 0 spiro atoms. The van der Waals surface area contributed by atoms with Crippen molar-refractivity contribution < 1.29 is 30.9 Å². The number of allylic oxidation sites excluding steroid dienone is 5. The van der Waals surface area contributed by atoms with Gasteiger partial charge in [-0.15, -0.1) is 5.10 Å². The second-order valence-corrected chi connectivity index (χ2v) is 10.8. The van der Waals surface area contributed by atoms with Crippen LogP contribution in [0.15, 0.2) is 76.6 Å². The molecule has 1 aliphatic rings. The quantitative estimate of drug-likeness (QED) is 0.195. The summed E-state index contributed by atoms with van der Waals surface area (Å²) in [6, 6.07) is 6.80. The Balaban J connectivity index is 1.76. The number of non-ortho nitro benzene ring substituents is 1. The highest BCUT2D eigenvalue weighted by molar-refractivity contribution is 7.86. The predicted octanol–water partition coefficient (Wildman–Crippen LogP) is 3.91. The molecular formula is C24H20N4O8S2. The maximum absolute atomic E-state index is 12.2. The van der Waals surface area contributed by atoms with Crippen molar-refractivity contribution in [1.29, 1.82) is 0 Å². The van der Waals surface area contributed by atoms with Gasteiger partial charge in [-0.1, -0.05) is 48.6 Å². The average molecular weight is 557 g/mol. The number of nitrogens with zero attached hydrogens (tertiary/aromatic N) is 4. The van der Waals surface area contributed by atoms with Crippen LogP contribution in [0.3, 0.4) is 0 Å². The summed E-state index contributed by atoms with van der Waals surface area (Å²) < 4.78 is 67.3. The van der Waals surface area contributed by atoms with Crippen LogP contribution in [-0.4, -0.2) is 45.9 Å². The minimum Gasteiger partial charge on any atom is -0.282 e. The van der Waals surface area contributed by atoms with Gasteiger partial charge in [0, 0.05) is 18.6 Å². The topological polar surface area (TPSA) is 183 Å². The van der Waals surface area contributed by atoms with E-state index in [1.54, 1.807) is 6.08 Å². The number of fused-ring (bicyclic) bond motifs is 1. The molecule has 0 fully saturated rings. The lowest BCUT2D eigenvalue weighted by atomic mass is 10.1. The van der Waals surface area contributed by atoms with Gasteiger partial charge in [-0.2, -0.15) is 26.7 Å². The second-order valence-electron chi connectivity index (χ2n) is 8.00. The summed E-state index contributed by atoms with van der Waals surface area (Å²) in [4.78, 5) is 10.2. The van der Waals surface area contributed by atoms with Crippen LogP contribution in [0.2, 0.25) is 0 Å². The summed E-state index contributed by atoms with van der Waals surface area (Å²) >= 11 is 0. The summed E-state index contributed by atoms with van der Waals surface area (Å²) in [5.74, 6) is 0. The number of benzene rings is 2. The van der Waals surface area contributed by atoms with Crippen molar-refractivity contribution in [3.8, 4) is 5.69 Å². The first kappa shape index (κ1) is 26.8. The molecule has 0 aliphatic heterocycles. The molecule has 1 aromatic heterocycles. The van der Waals surface area contributed by atoms with Gasteiger partial charge in [-0.05, 0) is 41.8 Å². The molecule has 0 unspecified atom stereocenters. The van der Waals surface area contributed by atoms with E-state index in [9.17, 15) is 36.1 Å². The lowest BCUT2D eigenvalue weighted by Crippen LogP contribution is -2.05. The number of hydrogen-bond acceptors (Lipinski definition) is 8. The summed E-state index contributed by atoms with van der Waals surface area (Å²) in [6.07, 6.45) is 14.9. The monoisotopic (exact) mass is 556 g/mol. The van der Waals surface area contributed by atoms with E-state index in [2.05, 4.69) is 10.2 Å². The second kappa shape index (κ2) is 10.6. The molecule has 4 rings (SSSR count). The molecular weight excluding hydrogens is 536 g/mol. The highest BCUT2D eigenvalue weighted by Gasteiger charge is 2.20. The van der Waals surface area contributed by atoms with E-state index >= 15 is 0 Å². The largest absolute Gasteiger partial charge is 0.295 e. The van der Waals surface area contributed by atoms with E-state index < -0.39 is 40.6 Å². The number of aromatic nitrogens is 3. The normalized spacial score (nSPS) is 16.6. The van der Waals surface area contributed by atoms with Crippen LogP contribution in [0.5, 0.6) is 0 Å².